The van der Waals surface area contributed by atoms with E-state index in [9.17, 15) is 9.59 Å². The van der Waals surface area contributed by atoms with Crippen LogP contribution in [-0.4, -0.2) is 36.7 Å². The van der Waals surface area contributed by atoms with Gasteiger partial charge >= 0.3 is 5.97 Å². The van der Waals surface area contributed by atoms with Gasteiger partial charge in [0, 0.05) is 19.6 Å². The molecule has 0 saturated carbocycles. The highest BCUT2D eigenvalue weighted by Crippen LogP contribution is 1.98. The number of carboxylic acid groups (broad SMARTS) is 1. The number of hydrogen-bond acceptors (Lipinski definition) is 3. The van der Waals surface area contributed by atoms with Gasteiger partial charge in [0.1, 0.15) is 6.61 Å². The first kappa shape index (κ1) is 12.9. The molecule has 2 N–H and O–H groups in total. The van der Waals surface area contributed by atoms with Gasteiger partial charge in [-0.15, -0.1) is 0 Å². The van der Waals surface area contributed by atoms with Crippen LogP contribution in [0.15, 0.2) is 0 Å². The Morgan fingerprint density at radius 3 is 2.64 bits per heavy atom. The number of aliphatic carboxylic acids is 1. The number of carboxylic acids is 1. The van der Waals surface area contributed by atoms with E-state index in [1.807, 2.05) is 0 Å². The van der Waals surface area contributed by atoms with Crippen LogP contribution in [0.2, 0.25) is 0 Å². The van der Waals surface area contributed by atoms with Crippen molar-refractivity contribution in [1.29, 1.82) is 0 Å². The molecule has 0 bridgehead atoms. The summed E-state index contributed by atoms with van der Waals surface area (Å²) in [5.74, 6) is -1.11. The average molecular weight is 203 g/mol. The molecule has 0 spiro atoms. The van der Waals surface area contributed by atoms with E-state index in [1.165, 1.54) is 0 Å². The molecule has 0 aliphatic carbocycles. The predicted octanol–water partition coefficient (Wildman–Crippen LogP) is 0.250. The van der Waals surface area contributed by atoms with Crippen molar-refractivity contribution in [3.05, 3.63) is 0 Å². The van der Waals surface area contributed by atoms with Crippen molar-refractivity contribution in [1.82, 2.24) is 5.32 Å². The first-order chi connectivity index (χ1) is 6.56. The van der Waals surface area contributed by atoms with E-state index >= 15 is 0 Å². The van der Waals surface area contributed by atoms with Crippen molar-refractivity contribution in [3.63, 3.8) is 0 Å². The maximum Gasteiger partial charge on any atom is 0.303 e. The average Bonchev–Trinajstić information content (AvgIpc) is 2.10. The zero-order valence-electron chi connectivity index (χ0n) is 8.58. The highest BCUT2D eigenvalue weighted by atomic mass is 16.5. The lowest BCUT2D eigenvalue weighted by Gasteiger charge is -2.09. The third-order valence-corrected chi connectivity index (χ3v) is 1.61. The van der Waals surface area contributed by atoms with Crippen LogP contribution >= 0.6 is 0 Å². The van der Waals surface area contributed by atoms with Crippen LogP contribution in [0.25, 0.3) is 0 Å². The summed E-state index contributed by atoms with van der Waals surface area (Å²) >= 11 is 0. The second kappa shape index (κ2) is 7.32. The molecular formula is C9H17NO4. The van der Waals surface area contributed by atoms with Gasteiger partial charge in [0.25, 0.3) is 0 Å². The molecule has 0 aromatic heterocycles. The summed E-state index contributed by atoms with van der Waals surface area (Å²) in [5.41, 5.74) is 0. The van der Waals surface area contributed by atoms with Crippen LogP contribution in [0.1, 0.15) is 20.3 Å². The monoisotopic (exact) mass is 203 g/mol. The molecule has 0 fully saturated rings. The third-order valence-electron chi connectivity index (χ3n) is 1.61. The standard InChI is InChI=1S/C9H17NO4/c1-3-14-6-8(11)10-5-7(2)4-9(12)13/h7H,3-6H2,1-2H3,(H,10,11)(H,12,13). The van der Waals surface area contributed by atoms with Crippen LogP contribution in [-0.2, 0) is 14.3 Å². The first-order valence-corrected chi connectivity index (χ1v) is 4.62. The van der Waals surface area contributed by atoms with Crippen LogP contribution in [0, 0.1) is 5.92 Å². The normalized spacial score (nSPS) is 12.1. The van der Waals surface area contributed by atoms with Crippen molar-refractivity contribution in [2.45, 2.75) is 20.3 Å². The fourth-order valence-electron chi connectivity index (χ4n) is 0.904. The summed E-state index contributed by atoms with van der Waals surface area (Å²) < 4.78 is 4.88. The molecule has 1 amide bonds. The molecule has 1 atom stereocenters. The van der Waals surface area contributed by atoms with Crippen molar-refractivity contribution in [2.24, 2.45) is 5.92 Å². The number of amides is 1. The number of carbonyl (C=O) groups is 2. The Labute approximate surface area is 83.4 Å². The summed E-state index contributed by atoms with van der Waals surface area (Å²) in [7, 11) is 0. The molecular weight excluding hydrogens is 186 g/mol. The number of ether oxygens (including phenoxy) is 1. The summed E-state index contributed by atoms with van der Waals surface area (Å²) in [5, 5.41) is 11.0. The number of carbonyl (C=O) groups excluding carboxylic acids is 1. The van der Waals surface area contributed by atoms with Gasteiger partial charge in [0.2, 0.25) is 5.91 Å². The van der Waals surface area contributed by atoms with Crippen molar-refractivity contribution >= 4 is 11.9 Å². The molecule has 0 aliphatic rings. The molecule has 5 nitrogen and oxygen atoms in total. The highest BCUT2D eigenvalue weighted by molar-refractivity contribution is 5.77. The van der Waals surface area contributed by atoms with Gasteiger partial charge in [-0.3, -0.25) is 9.59 Å². The Morgan fingerprint density at radius 2 is 2.14 bits per heavy atom. The van der Waals surface area contributed by atoms with Gasteiger partial charge in [-0.05, 0) is 12.8 Å². The number of rotatable bonds is 7. The lowest BCUT2D eigenvalue weighted by Crippen LogP contribution is -2.32. The molecule has 0 aromatic rings. The molecule has 0 aromatic carbocycles. The quantitative estimate of drug-likeness (QED) is 0.622. The fourth-order valence-corrected chi connectivity index (χ4v) is 0.904. The van der Waals surface area contributed by atoms with E-state index in [1.54, 1.807) is 13.8 Å². The molecule has 82 valence electrons. The van der Waals surface area contributed by atoms with Gasteiger partial charge in [-0.25, -0.2) is 0 Å². The summed E-state index contributed by atoms with van der Waals surface area (Å²) in [6, 6.07) is 0. The Hall–Kier alpha value is -1.10. The molecule has 0 heterocycles. The van der Waals surface area contributed by atoms with Crippen LogP contribution in [0.4, 0.5) is 0 Å². The lowest BCUT2D eigenvalue weighted by molar-refractivity contribution is -0.138. The minimum Gasteiger partial charge on any atom is -0.481 e. The van der Waals surface area contributed by atoms with E-state index in [2.05, 4.69) is 5.32 Å². The molecule has 0 radical (unpaired) electrons. The zero-order chi connectivity index (χ0) is 11.0. The first-order valence-electron chi connectivity index (χ1n) is 4.62. The topological polar surface area (TPSA) is 75.6 Å². The minimum absolute atomic E-state index is 0.0380. The molecule has 5 heteroatoms. The van der Waals surface area contributed by atoms with Gasteiger partial charge < -0.3 is 15.2 Å². The lowest BCUT2D eigenvalue weighted by atomic mass is 10.1. The molecule has 0 rings (SSSR count). The van der Waals surface area contributed by atoms with Gasteiger partial charge in [-0.2, -0.15) is 0 Å². The van der Waals surface area contributed by atoms with E-state index < -0.39 is 5.97 Å². The molecule has 0 saturated heterocycles. The van der Waals surface area contributed by atoms with E-state index in [4.69, 9.17) is 9.84 Å². The van der Waals surface area contributed by atoms with Crippen molar-refractivity contribution < 1.29 is 19.4 Å². The molecule has 14 heavy (non-hydrogen) atoms. The highest BCUT2D eigenvalue weighted by Gasteiger charge is 2.08. The summed E-state index contributed by atoms with van der Waals surface area (Å²) in [4.78, 5) is 21.3. The van der Waals surface area contributed by atoms with E-state index in [0.29, 0.717) is 13.2 Å². The van der Waals surface area contributed by atoms with Crippen molar-refractivity contribution in [3.8, 4) is 0 Å². The fraction of sp³-hybridized carbons (Fsp3) is 0.778. The van der Waals surface area contributed by atoms with Crippen LogP contribution < -0.4 is 5.32 Å². The van der Waals surface area contributed by atoms with Crippen molar-refractivity contribution in [2.75, 3.05) is 19.8 Å². The van der Waals surface area contributed by atoms with E-state index in [-0.39, 0.29) is 24.9 Å². The van der Waals surface area contributed by atoms with Crippen LogP contribution in [0.5, 0.6) is 0 Å². The second-order valence-corrected chi connectivity index (χ2v) is 3.14. The predicted molar refractivity (Wildman–Crippen MR) is 50.9 cm³/mol. The SMILES string of the molecule is CCOCC(=O)NCC(C)CC(=O)O. The minimum atomic E-state index is -0.850. The molecule has 0 aliphatic heterocycles. The van der Waals surface area contributed by atoms with Gasteiger partial charge in [0.15, 0.2) is 0 Å². The maximum absolute atomic E-state index is 11.0. The Balaban J connectivity index is 3.50. The second-order valence-electron chi connectivity index (χ2n) is 3.14. The van der Waals surface area contributed by atoms with Gasteiger partial charge in [-0.1, -0.05) is 6.92 Å². The summed E-state index contributed by atoms with van der Waals surface area (Å²) in [6.45, 7) is 4.49. The summed E-state index contributed by atoms with van der Waals surface area (Å²) in [6.07, 6.45) is 0.0644. The maximum atomic E-state index is 11.0. The van der Waals surface area contributed by atoms with Gasteiger partial charge in [0.05, 0.1) is 0 Å². The zero-order valence-corrected chi connectivity index (χ0v) is 8.58. The number of hydrogen-bond donors (Lipinski definition) is 2. The van der Waals surface area contributed by atoms with E-state index in [0.717, 1.165) is 0 Å². The molecule has 1 unspecified atom stereocenters. The Bertz CT molecular complexity index is 193. The largest absolute Gasteiger partial charge is 0.481 e. The Morgan fingerprint density at radius 1 is 1.50 bits per heavy atom. The smallest absolute Gasteiger partial charge is 0.303 e. The number of nitrogens with one attached hydrogen (secondary N) is 1. The third kappa shape index (κ3) is 7.54. The van der Waals surface area contributed by atoms with Crippen LogP contribution in [0.3, 0.4) is 0 Å². The Kier molecular flexibility index (Phi) is 6.74.